The predicted molar refractivity (Wildman–Crippen MR) is 49.5 cm³/mol. The van der Waals surface area contributed by atoms with E-state index >= 15 is 0 Å². The number of anilines is 1. The summed E-state index contributed by atoms with van der Waals surface area (Å²) >= 11 is 4.13. The van der Waals surface area contributed by atoms with Crippen molar-refractivity contribution in [1.29, 1.82) is 0 Å². The van der Waals surface area contributed by atoms with Gasteiger partial charge in [0, 0.05) is 24.2 Å². The maximum atomic E-state index is 5.53. The van der Waals surface area contributed by atoms with Crippen LogP contribution >= 0.6 is 12.6 Å². The first-order chi connectivity index (χ1) is 5.33. The molecule has 0 aliphatic heterocycles. The van der Waals surface area contributed by atoms with Gasteiger partial charge < -0.3 is 5.73 Å². The Bertz CT molecular complexity index is 208. The van der Waals surface area contributed by atoms with E-state index in [1.165, 1.54) is 0 Å². The van der Waals surface area contributed by atoms with Gasteiger partial charge in [-0.3, -0.25) is 0 Å². The number of nitrogens with two attached hydrogens (primary N) is 1. The van der Waals surface area contributed by atoms with Crippen LogP contribution in [0.1, 0.15) is 6.42 Å². The van der Waals surface area contributed by atoms with E-state index in [-0.39, 0.29) is 0 Å². The zero-order chi connectivity index (χ0) is 8.10. The molecule has 0 amide bonds. The monoisotopic (exact) mass is 169 g/mol. The summed E-state index contributed by atoms with van der Waals surface area (Å²) in [7, 11) is 0. The quantitative estimate of drug-likeness (QED) is 0.510. The molecule has 0 radical (unpaired) electrons. The largest absolute Gasteiger partial charge is 0.398 e. The molecule has 1 aromatic heterocycles. The Balaban J connectivity index is 2.52. The Hall–Kier alpha value is -0.700. The third kappa shape index (κ3) is 2.80. The minimum atomic E-state index is 0.812. The first-order valence-corrected chi connectivity index (χ1v) is 4.31. The van der Waals surface area contributed by atoms with Crippen molar-refractivity contribution in [2.45, 2.75) is 13.0 Å². The molecule has 1 heterocycles. The van der Waals surface area contributed by atoms with Crippen molar-refractivity contribution in [3.05, 3.63) is 24.5 Å². The lowest BCUT2D eigenvalue weighted by atomic mass is 10.4. The fraction of sp³-hybridized carbons (Fsp3) is 0.375. The van der Waals surface area contributed by atoms with Crippen molar-refractivity contribution >= 4 is 18.3 Å². The van der Waals surface area contributed by atoms with Crippen molar-refractivity contribution in [3.63, 3.8) is 0 Å². The van der Waals surface area contributed by atoms with Crippen molar-refractivity contribution in [2.75, 3.05) is 11.5 Å². The fourth-order valence-electron chi connectivity index (χ4n) is 0.871. The second kappa shape index (κ2) is 4.23. The minimum absolute atomic E-state index is 0.812. The summed E-state index contributed by atoms with van der Waals surface area (Å²) in [4.78, 5) is 0. The van der Waals surface area contributed by atoms with Crippen LogP contribution in [0, 0.1) is 0 Å². The van der Waals surface area contributed by atoms with E-state index in [1.54, 1.807) is 0 Å². The van der Waals surface area contributed by atoms with Gasteiger partial charge in [-0.25, -0.2) is 4.57 Å². The van der Waals surface area contributed by atoms with Gasteiger partial charge in [0.05, 0.1) is 0 Å². The number of nitrogen functional groups attached to an aromatic ring is 1. The van der Waals surface area contributed by atoms with Crippen molar-refractivity contribution in [3.8, 4) is 0 Å². The van der Waals surface area contributed by atoms with Crippen LogP contribution in [0.5, 0.6) is 0 Å². The average Bonchev–Trinajstić information content (AvgIpc) is 2.04. The molecule has 0 bridgehead atoms. The molecule has 0 spiro atoms. The molecule has 1 rings (SSSR count). The van der Waals surface area contributed by atoms with Crippen LogP contribution in [0.15, 0.2) is 24.5 Å². The zero-order valence-corrected chi connectivity index (χ0v) is 7.30. The van der Waals surface area contributed by atoms with Gasteiger partial charge in [0.1, 0.15) is 6.54 Å². The molecule has 0 atom stereocenters. The van der Waals surface area contributed by atoms with Crippen LogP contribution < -0.4 is 10.3 Å². The van der Waals surface area contributed by atoms with E-state index in [0.717, 1.165) is 24.4 Å². The molecule has 60 valence electrons. The van der Waals surface area contributed by atoms with Gasteiger partial charge >= 0.3 is 0 Å². The average molecular weight is 169 g/mol. The van der Waals surface area contributed by atoms with E-state index in [9.17, 15) is 0 Å². The summed E-state index contributed by atoms with van der Waals surface area (Å²) in [5, 5.41) is 0. The molecule has 0 saturated heterocycles. The Morgan fingerprint density at radius 3 is 2.55 bits per heavy atom. The smallest absolute Gasteiger partial charge is 0.170 e. The molecular formula is C8H13N2S+. The normalized spacial score (nSPS) is 9.91. The molecule has 2 nitrogen and oxygen atoms in total. The molecule has 1 aromatic rings. The number of thiol groups is 1. The molecule has 0 unspecified atom stereocenters. The molecule has 2 N–H and O–H groups in total. The van der Waals surface area contributed by atoms with Crippen LogP contribution in [0.25, 0.3) is 0 Å². The SMILES string of the molecule is Nc1cc[n+](CCCS)cc1. The van der Waals surface area contributed by atoms with Crippen molar-refractivity contribution in [1.82, 2.24) is 0 Å². The second-order valence-electron chi connectivity index (χ2n) is 2.45. The summed E-state index contributed by atoms with van der Waals surface area (Å²) in [6.07, 6.45) is 5.06. The summed E-state index contributed by atoms with van der Waals surface area (Å²) in [5.74, 6) is 0.928. The number of aryl methyl sites for hydroxylation is 1. The van der Waals surface area contributed by atoms with Gasteiger partial charge in [-0.15, -0.1) is 0 Å². The number of nitrogens with zero attached hydrogens (tertiary/aromatic N) is 1. The fourth-order valence-corrected chi connectivity index (χ4v) is 1.01. The van der Waals surface area contributed by atoms with E-state index in [1.807, 2.05) is 24.5 Å². The van der Waals surface area contributed by atoms with Crippen LogP contribution in [-0.4, -0.2) is 5.75 Å². The standard InChI is InChI=1S/C8H12N2S/c9-8-2-5-10(6-3-8)4-1-7-11/h2-3,5-6,9,11H,1,4,7H2/p+1. The maximum absolute atomic E-state index is 5.53. The highest BCUT2D eigenvalue weighted by Crippen LogP contribution is 1.94. The third-order valence-corrected chi connectivity index (χ3v) is 1.81. The predicted octanol–water partition coefficient (Wildman–Crippen LogP) is 0.876. The number of pyridine rings is 1. The molecule has 0 saturated carbocycles. The summed E-state index contributed by atoms with van der Waals surface area (Å²) < 4.78 is 2.10. The highest BCUT2D eigenvalue weighted by atomic mass is 32.1. The summed E-state index contributed by atoms with van der Waals surface area (Å²) in [6, 6.07) is 3.80. The van der Waals surface area contributed by atoms with E-state index < -0.39 is 0 Å². The van der Waals surface area contributed by atoms with Gasteiger partial charge in [-0.05, 0) is 5.75 Å². The van der Waals surface area contributed by atoms with Gasteiger partial charge in [-0.1, -0.05) is 0 Å². The first-order valence-electron chi connectivity index (χ1n) is 3.68. The Morgan fingerprint density at radius 2 is 2.00 bits per heavy atom. The highest BCUT2D eigenvalue weighted by molar-refractivity contribution is 7.80. The van der Waals surface area contributed by atoms with Gasteiger partial charge in [0.15, 0.2) is 12.4 Å². The van der Waals surface area contributed by atoms with Crippen LogP contribution in [0.4, 0.5) is 5.69 Å². The van der Waals surface area contributed by atoms with E-state index in [4.69, 9.17) is 5.73 Å². The van der Waals surface area contributed by atoms with Gasteiger partial charge in [0.2, 0.25) is 0 Å². The van der Waals surface area contributed by atoms with Crippen LogP contribution in [0.2, 0.25) is 0 Å². The first kappa shape index (κ1) is 8.40. The van der Waals surface area contributed by atoms with Crippen LogP contribution in [0.3, 0.4) is 0 Å². The van der Waals surface area contributed by atoms with E-state index in [0.29, 0.717) is 0 Å². The lowest BCUT2D eigenvalue weighted by molar-refractivity contribution is -0.696. The Labute approximate surface area is 72.5 Å². The number of hydrogen-bond acceptors (Lipinski definition) is 2. The van der Waals surface area contributed by atoms with Gasteiger partial charge in [-0.2, -0.15) is 12.6 Å². The Morgan fingerprint density at radius 1 is 1.36 bits per heavy atom. The molecule has 11 heavy (non-hydrogen) atoms. The molecular weight excluding hydrogens is 156 g/mol. The summed E-state index contributed by atoms with van der Waals surface area (Å²) in [5.41, 5.74) is 6.34. The summed E-state index contributed by atoms with van der Waals surface area (Å²) in [6.45, 7) is 1.02. The van der Waals surface area contributed by atoms with E-state index in [2.05, 4.69) is 17.2 Å². The number of hydrogen-bond donors (Lipinski definition) is 2. The second-order valence-corrected chi connectivity index (χ2v) is 2.89. The maximum Gasteiger partial charge on any atom is 0.170 e. The van der Waals surface area contributed by atoms with Crippen LogP contribution in [-0.2, 0) is 6.54 Å². The number of rotatable bonds is 3. The lowest BCUT2D eigenvalue weighted by Gasteiger charge is -1.94. The molecule has 0 fully saturated rings. The minimum Gasteiger partial charge on any atom is -0.398 e. The molecule has 0 aromatic carbocycles. The molecule has 3 heteroatoms. The van der Waals surface area contributed by atoms with Crippen molar-refractivity contribution < 1.29 is 4.57 Å². The van der Waals surface area contributed by atoms with Crippen molar-refractivity contribution in [2.24, 2.45) is 0 Å². The molecule has 0 aliphatic carbocycles. The number of aromatic nitrogens is 1. The zero-order valence-electron chi connectivity index (χ0n) is 6.40. The van der Waals surface area contributed by atoms with Gasteiger partial charge in [0.25, 0.3) is 0 Å². The topological polar surface area (TPSA) is 29.9 Å². The third-order valence-electron chi connectivity index (χ3n) is 1.49. The molecule has 0 aliphatic rings. The lowest BCUT2D eigenvalue weighted by Crippen LogP contribution is -2.32. The Kier molecular flexibility index (Phi) is 3.23. The highest BCUT2D eigenvalue weighted by Gasteiger charge is 1.96.